The molecule has 2 nitrogen and oxygen atoms in total. The van der Waals surface area contributed by atoms with E-state index in [0.717, 1.165) is 5.70 Å². The molecule has 0 amide bonds. The van der Waals surface area contributed by atoms with Gasteiger partial charge in [-0.15, -0.1) is 0 Å². The van der Waals surface area contributed by atoms with Gasteiger partial charge in [0.2, 0.25) is 0 Å². The van der Waals surface area contributed by atoms with Crippen LogP contribution in [-0.4, -0.2) is 20.8 Å². The lowest BCUT2D eigenvalue weighted by atomic mass is 10.2. The van der Waals surface area contributed by atoms with Crippen LogP contribution in [0.15, 0.2) is 42.1 Å². The normalized spacial score (nSPS) is 10.3. The van der Waals surface area contributed by atoms with E-state index in [9.17, 15) is 0 Å². The lowest BCUT2D eigenvalue weighted by Gasteiger charge is -2.01. The standard InChI is InChI=1S/C7H8.C6H13NO/c1-7-5-3-2-4-6-7;1-4-6(7-2)5-8-3/h2-6H,1H3;4,7H,5H2,1-3H3. The maximum absolute atomic E-state index is 4.85. The third-order valence-electron chi connectivity index (χ3n) is 1.91. The zero-order chi connectivity index (χ0) is 11.5. The predicted molar refractivity (Wildman–Crippen MR) is 65.9 cm³/mol. The summed E-state index contributed by atoms with van der Waals surface area (Å²) >= 11 is 0. The first-order chi connectivity index (χ1) is 7.24. The Morgan fingerprint density at radius 1 is 1.33 bits per heavy atom. The SMILES string of the molecule is CC=C(COC)NC.Cc1ccccc1. The molecule has 0 spiro atoms. The summed E-state index contributed by atoms with van der Waals surface area (Å²) in [5, 5.41) is 2.99. The van der Waals surface area contributed by atoms with E-state index in [1.54, 1.807) is 7.11 Å². The minimum atomic E-state index is 0.674. The van der Waals surface area contributed by atoms with E-state index in [0.29, 0.717) is 6.61 Å². The second-order valence-corrected chi connectivity index (χ2v) is 3.15. The maximum Gasteiger partial charge on any atom is 0.0855 e. The molecule has 0 radical (unpaired) electrons. The molecule has 0 aromatic heterocycles. The van der Waals surface area contributed by atoms with E-state index in [2.05, 4.69) is 24.4 Å². The molecule has 84 valence electrons. The first-order valence-electron chi connectivity index (χ1n) is 5.08. The Hall–Kier alpha value is -1.28. The predicted octanol–water partition coefficient (Wildman–Crippen LogP) is 2.75. The maximum atomic E-state index is 4.85. The van der Waals surface area contributed by atoms with Gasteiger partial charge in [-0.05, 0) is 13.8 Å². The second kappa shape index (κ2) is 9.28. The van der Waals surface area contributed by atoms with Crippen molar-refractivity contribution < 1.29 is 4.74 Å². The van der Waals surface area contributed by atoms with Gasteiger partial charge in [-0.1, -0.05) is 42.0 Å². The van der Waals surface area contributed by atoms with Crippen LogP contribution in [-0.2, 0) is 4.74 Å². The van der Waals surface area contributed by atoms with E-state index >= 15 is 0 Å². The van der Waals surface area contributed by atoms with Crippen LogP contribution in [0.1, 0.15) is 12.5 Å². The van der Waals surface area contributed by atoms with Crippen molar-refractivity contribution in [2.24, 2.45) is 0 Å². The summed E-state index contributed by atoms with van der Waals surface area (Å²) in [7, 11) is 3.56. The second-order valence-electron chi connectivity index (χ2n) is 3.15. The van der Waals surface area contributed by atoms with E-state index in [-0.39, 0.29) is 0 Å². The molecule has 1 aromatic rings. The van der Waals surface area contributed by atoms with Gasteiger partial charge in [-0.25, -0.2) is 0 Å². The van der Waals surface area contributed by atoms with E-state index in [1.165, 1.54) is 5.56 Å². The van der Waals surface area contributed by atoms with Crippen LogP contribution < -0.4 is 5.32 Å². The van der Waals surface area contributed by atoms with Crippen LogP contribution in [0.2, 0.25) is 0 Å². The Balaban J connectivity index is 0.000000262. The van der Waals surface area contributed by atoms with Gasteiger partial charge in [-0.3, -0.25) is 0 Å². The Morgan fingerprint density at radius 2 is 1.93 bits per heavy atom. The lowest BCUT2D eigenvalue weighted by Crippen LogP contribution is -2.10. The van der Waals surface area contributed by atoms with E-state index in [1.807, 2.05) is 38.2 Å². The van der Waals surface area contributed by atoms with Gasteiger partial charge in [0.15, 0.2) is 0 Å². The average Bonchev–Trinajstić information content (AvgIpc) is 2.28. The monoisotopic (exact) mass is 207 g/mol. The molecule has 2 heteroatoms. The molecule has 1 N–H and O–H groups in total. The Morgan fingerprint density at radius 3 is 2.13 bits per heavy atom. The molecule has 0 heterocycles. The highest BCUT2D eigenvalue weighted by molar-refractivity contribution is 5.11. The van der Waals surface area contributed by atoms with Gasteiger partial charge < -0.3 is 10.1 Å². The molecule has 0 aliphatic heterocycles. The van der Waals surface area contributed by atoms with Crippen LogP contribution in [0.4, 0.5) is 0 Å². The first-order valence-corrected chi connectivity index (χ1v) is 5.08. The summed E-state index contributed by atoms with van der Waals surface area (Å²) in [6.07, 6.45) is 1.99. The number of methoxy groups -OCH3 is 1. The molecule has 0 saturated carbocycles. The van der Waals surface area contributed by atoms with E-state index in [4.69, 9.17) is 4.74 Å². The number of nitrogens with one attached hydrogen (secondary N) is 1. The fourth-order valence-electron chi connectivity index (χ4n) is 0.990. The van der Waals surface area contributed by atoms with Gasteiger partial charge in [0.05, 0.1) is 6.61 Å². The van der Waals surface area contributed by atoms with Crippen molar-refractivity contribution in [1.29, 1.82) is 0 Å². The summed E-state index contributed by atoms with van der Waals surface area (Å²) in [4.78, 5) is 0. The molecule has 0 bridgehead atoms. The van der Waals surface area contributed by atoms with Crippen LogP contribution in [0.3, 0.4) is 0 Å². The molecule has 15 heavy (non-hydrogen) atoms. The van der Waals surface area contributed by atoms with Gasteiger partial charge in [0.25, 0.3) is 0 Å². The van der Waals surface area contributed by atoms with Crippen molar-refractivity contribution >= 4 is 0 Å². The molecule has 0 unspecified atom stereocenters. The van der Waals surface area contributed by atoms with Gasteiger partial charge in [0.1, 0.15) is 0 Å². The summed E-state index contributed by atoms with van der Waals surface area (Å²) in [5.41, 5.74) is 2.44. The molecular formula is C13H21NO. The Kier molecular flexibility index (Phi) is 8.49. The largest absolute Gasteiger partial charge is 0.390 e. The highest BCUT2D eigenvalue weighted by atomic mass is 16.5. The highest BCUT2D eigenvalue weighted by Gasteiger charge is 1.85. The van der Waals surface area contributed by atoms with Crippen molar-refractivity contribution in [3.8, 4) is 0 Å². The topological polar surface area (TPSA) is 21.3 Å². The number of hydrogen-bond donors (Lipinski definition) is 1. The average molecular weight is 207 g/mol. The summed E-state index contributed by atoms with van der Waals surface area (Å²) in [5.74, 6) is 0. The van der Waals surface area contributed by atoms with Crippen molar-refractivity contribution in [3.05, 3.63) is 47.7 Å². The van der Waals surface area contributed by atoms with Crippen LogP contribution in [0, 0.1) is 6.92 Å². The number of allylic oxidation sites excluding steroid dienone is 1. The third kappa shape index (κ3) is 7.77. The molecule has 0 saturated heterocycles. The van der Waals surface area contributed by atoms with Crippen molar-refractivity contribution in [1.82, 2.24) is 5.32 Å². The zero-order valence-electron chi connectivity index (χ0n) is 10.1. The van der Waals surface area contributed by atoms with Crippen molar-refractivity contribution in [2.45, 2.75) is 13.8 Å². The number of hydrogen-bond acceptors (Lipinski definition) is 2. The number of likely N-dealkylation sites (N-methyl/N-ethyl adjacent to an activating group) is 1. The lowest BCUT2D eigenvalue weighted by molar-refractivity contribution is 0.221. The minimum absolute atomic E-state index is 0.674. The molecule has 0 atom stereocenters. The first kappa shape index (κ1) is 13.7. The highest BCUT2D eigenvalue weighted by Crippen LogP contribution is 1.92. The van der Waals surface area contributed by atoms with Gasteiger partial charge in [-0.2, -0.15) is 0 Å². The van der Waals surface area contributed by atoms with Crippen LogP contribution in [0.5, 0.6) is 0 Å². The fraction of sp³-hybridized carbons (Fsp3) is 0.385. The molecular weight excluding hydrogens is 186 g/mol. The van der Waals surface area contributed by atoms with Crippen molar-refractivity contribution in [2.75, 3.05) is 20.8 Å². The van der Waals surface area contributed by atoms with Gasteiger partial charge in [0, 0.05) is 19.9 Å². The third-order valence-corrected chi connectivity index (χ3v) is 1.91. The quantitative estimate of drug-likeness (QED) is 0.823. The summed E-state index contributed by atoms with van der Waals surface area (Å²) in [6, 6.07) is 10.3. The Labute approximate surface area is 93.0 Å². The summed E-state index contributed by atoms with van der Waals surface area (Å²) < 4.78 is 4.85. The molecule has 0 aliphatic carbocycles. The Bertz CT molecular complexity index is 267. The fourth-order valence-corrected chi connectivity index (χ4v) is 0.990. The van der Waals surface area contributed by atoms with Crippen LogP contribution >= 0.6 is 0 Å². The van der Waals surface area contributed by atoms with Crippen molar-refractivity contribution in [3.63, 3.8) is 0 Å². The van der Waals surface area contributed by atoms with Gasteiger partial charge >= 0.3 is 0 Å². The zero-order valence-corrected chi connectivity index (χ0v) is 10.1. The number of benzene rings is 1. The number of ether oxygens (including phenoxy) is 1. The molecule has 1 rings (SSSR count). The molecule has 0 aliphatic rings. The van der Waals surface area contributed by atoms with Crippen LogP contribution in [0.25, 0.3) is 0 Å². The molecule has 0 fully saturated rings. The number of rotatable bonds is 3. The van der Waals surface area contributed by atoms with E-state index < -0.39 is 0 Å². The molecule has 1 aromatic carbocycles. The summed E-state index contributed by atoms with van der Waals surface area (Å²) in [6.45, 7) is 4.73. The minimum Gasteiger partial charge on any atom is -0.390 e. The number of aryl methyl sites for hydroxylation is 1. The smallest absolute Gasteiger partial charge is 0.0855 e.